The van der Waals surface area contributed by atoms with Crippen molar-refractivity contribution >= 4 is 23.0 Å². The van der Waals surface area contributed by atoms with Gasteiger partial charge in [-0.05, 0) is 62.3 Å². The molecule has 4 aromatic rings. The molecule has 216 valence electrons. The number of fused-ring (bicyclic) bond motifs is 1. The third kappa shape index (κ3) is 6.35. The van der Waals surface area contributed by atoms with Gasteiger partial charge in [0.25, 0.3) is 0 Å². The van der Waals surface area contributed by atoms with Crippen LogP contribution in [-0.2, 0) is 17.5 Å². The van der Waals surface area contributed by atoms with Crippen LogP contribution in [0.4, 0.5) is 19.0 Å². The second-order valence-corrected chi connectivity index (χ2v) is 10.5. The molecule has 0 bridgehead atoms. The lowest BCUT2D eigenvalue weighted by molar-refractivity contribution is -0.137. The van der Waals surface area contributed by atoms with Crippen LogP contribution in [0.5, 0.6) is 0 Å². The smallest absolute Gasteiger partial charge is 0.416 e. The standard InChI is InChI=1S/C30H32F3N5O3/c1-18-6-3-9-21(16-18)28-37-26-24(38(28)17-19-11-13-22(14-12-19)30(31,32)33)25(35-27(36-26)29(40)41-2)34-15-5-10-23(39)20-7-4-8-20/h3,6,9,11-14,16,20,23,39H,4-5,7-8,10,15,17H2,1-2H3,(H,34,35,36). The van der Waals surface area contributed by atoms with Gasteiger partial charge in [-0.3, -0.25) is 0 Å². The number of hydrogen-bond acceptors (Lipinski definition) is 7. The molecule has 0 spiro atoms. The number of aliphatic hydroxyl groups excluding tert-OH is 1. The Hall–Kier alpha value is -3.99. The summed E-state index contributed by atoms with van der Waals surface area (Å²) in [5.74, 6) is 0.362. The van der Waals surface area contributed by atoms with E-state index in [0.717, 1.165) is 42.5 Å². The Bertz CT molecular complexity index is 1530. The quantitative estimate of drug-likeness (QED) is 0.179. The molecule has 5 rings (SSSR count). The van der Waals surface area contributed by atoms with Crippen molar-refractivity contribution in [2.45, 2.75) is 57.9 Å². The molecule has 1 unspecified atom stereocenters. The third-order valence-corrected chi connectivity index (χ3v) is 7.53. The number of benzene rings is 2. The molecule has 0 amide bonds. The number of aliphatic hydroxyl groups is 1. The number of anilines is 1. The fraction of sp³-hybridized carbons (Fsp3) is 0.400. The molecule has 0 aliphatic heterocycles. The number of imidazole rings is 1. The van der Waals surface area contributed by atoms with Gasteiger partial charge in [0.2, 0.25) is 5.82 Å². The highest BCUT2D eigenvalue weighted by molar-refractivity contribution is 5.93. The molecule has 11 heteroatoms. The molecule has 1 atom stereocenters. The number of hydrogen-bond donors (Lipinski definition) is 2. The molecule has 8 nitrogen and oxygen atoms in total. The lowest BCUT2D eigenvalue weighted by Crippen LogP contribution is -2.27. The molecule has 41 heavy (non-hydrogen) atoms. The second kappa shape index (κ2) is 11.9. The van der Waals surface area contributed by atoms with E-state index < -0.39 is 17.7 Å². The van der Waals surface area contributed by atoms with Gasteiger partial charge in [0, 0.05) is 18.7 Å². The summed E-state index contributed by atoms with van der Waals surface area (Å²) < 4.78 is 46.3. The number of methoxy groups -OCH3 is 1. The Labute approximate surface area is 235 Å². The summed E-state index contributed by atoms with van der Waals surface area (Å²) in [4.78, 5) is 26.0. The predicted molar refractivity (Wildman–Crippen MR) is 148 cm³/mol. The largest absolute Gasteiger partial charge is 0.463 e. The molecule has 0 radical (unpaired) electrons. The molecule has 1 fully saturated rings. The molecule has 2 aromatic heterocycles. The maximum absolute atomic E-state index is 13.2. The van der Waals surface area contributed by atoms with Gasteiger partial charge >= 0.3 is 12.1 Å². The van der Waals surface area contributed by atoms with Crippen molar-refractivity contribution in [3.8, 4) is 11.4 Å². The summed E-state index contributed by atoms with van der Waals surface area (Å²) in [6.07, 6.45) is -0.220. The van der Waals surface area contributed by atoms with E-state index in [2.05, 4.69) is 15.3 Å². The second-order valence-electron chi connectivity index (χ2n) is 10.5. The molecule has 0 saturated heterocycles. The molecule has 1 saturated carbocycles. The molecule has 2 heterocycles. The lowest BCUT2D eigenvalue weighted by atomic mass is 9.80. The van der Waals surface area contributed by atoms with Gasteiger partial charge in [-0.25, -0.2) is 19.7 Å². The molecule has 2 N–H and O–H groups in total. The zero-order valence-corrected chi connectivity index (χ0v) is 22.9. The van der Waals surface area contributed by atoms with Crippen LogP contribution in [0.25, 0.3) is 22.6 Å². The Balaban J connectivity index is 1.55. The van der Waals surface area contributed by atoms with Gasteiger partial charge in [-0.15, -0.1) is 0 Å². The topological polar surface area (TPSA) is 102 Å². The van der Waals surface area contributed by atoms with Gasteiger partial charge in [0.1, 0.15) is 11.3 Å². The van der Waals surface area contributed by atoms with E-state index in [1.807, 2.05) is 35.8 Å². The predicted octanol–water partition coefficient (Wildman–Crippen LogP) is 6.01. The minimum absolute atomic E-state index is 0.160. The van der Waals surface area contributed by atoms with Gasteiger partial charge in [0.15, 0.2) is 11.5 Å². The molecule has 2 aromatic carbocycles. The first-order valence-corrected chi connectivity index (χ1v) is 13.7. The average Bonchev–Trinajstić information content (AvgIpc) is 3.27. The van der Waals surface area contributed by atoms with E-state index >= 15 is 0 Å². The Morgan fingerprint density at radius 2 is 1.90 bits per heavy atom. The van der Waals surface area contributed by atoms with Gasteiger partial charge in [-0.1, -0.05) is 42.3 Å². The summed E-state index contributed by atoms with van der Waals surface area (Å²) in [7, 11) is 1.24. The number of nitrogens with one attached hydrogen (secondary N) is 1. The highest BCUT2D eigenvalue weighted by Gasteiger charge is 2.30. The zero-order valence-electron chi connectivity index (χ0n) is 22.9. The number of halogens is 3. The number of alkyl halides is 3. The van der Waals surface area contributed by atoms with Crippen LogP contribution in [0.2, 0.25) is 0 Å². The van der Waals surface area contributed by atoms with Crippen molar-refractivity contribution < 1.29 is 27.8 Å². The number of carbonyl (C=O) groups is 1. The van der Waals surface area contributed by atoms with Crippen LogP contribution in [0.15, 0.2) is 48.5 Å². The monoisotopic (exact) mass is 567 g/mol. The Kier molecular flexibility index (Phi) is 8.25. The SMILES string of the molecule is COC(=O)c1nc(NCCCC(O)C2CCC2)c2c(n1)nc(-c1cccc(C)c1)n2Cc1ccc(C(F)(F)F)cc1. The van der Waals surface area contributed by atoms with Crippen LogP contribution >= 0.6 is 0 Å². The first-order valence-electron chi connectivity index (χ1n) is 13.7. The van der Waals surface area contributed by atoms with E-state index in [1.165, 1.54) is 19.2 Å². The van der Waals surface area contributed by atoms with Crippen LogP contribution in [-0.4, -0.2) is 50.4 Å². The number of aromatic nitrogens is 4. The maximum atomic E-state index is 13.2. The van der Waals surface area contributed by atoms with Crippen molar-refractivity contribution in [2.24, 2.45) is 5.92 Å². The van der Waals surface area contributed by atoms with Crippen LogP contribution in [0, 0.1) is 12.8 Å². The molecule has 1 aliphatic carbocycles. The van der Waals surface area contributed by atoms with Crippen LogP contribution < -0.4 is 5.32 Å². The average molecular weight is 568 g/mol. The number of rotatable bonds is 10. The Morgan fingerprint density at radius 3 is 2.54 bits per heavy atom. The summed E-state index contributed by atoms with van der Waals surface area (Å²) in [6.45, 7) is 2.61. The maximum Gasteiger partial charge on any atom is 0.416 e. The number of aryl methyl sites for hydroxylation is 1. The van der Waals surface area contributed by atoms with Crippen molar-refractivity contribution in [1.82, 2.24) is 19.5 Å². The van der Waals surface area contributed by atoms with Gasteiger partial charge in [-0.2, -0.15) is 13.2 Å². The van der Waals surface area contributed by atoms with Crippen molar-refractivity contribution in [3.05, 3.63) is 71.0 Å². The van der Waals surface area contributed by atoms with Crippen molar-refractivity contribution in [3.63, 3.8) is 0 Å². The van der Waals surface area contributed by atoms with E-state index in [9.17, 15) is 23.1 Å². The molecular formula is C30H32F3N5O3. The number of esters is 1. The lowest BCUT2D eigenvalue weighted by Gasteiger charge is -2.30. The van der Waals surface area contributed by atoms with Crippen molar-refractivity contribution in [1.29, 1.82) is 0 Å². The highest BCUT2D eigenvalue weighted by Crippen LogP contribution is 2.33. The Morgan fingerprint density at radius 1 is 1.15 bits per heavy atom. The van der Waals surface area contributed by atoms with E-state index in [1.54, 1.807) is 0 Å². The summed E-state index contributed by atoms with van der Waals surface area (Å²) >= 11 is 0. The number of carbonyl (C=O) groups excluding carboxylic acids is 1. The van der Waals surface area contributed by atoms with E-state index in [4.69, 9.17) is 9.72 Å². The molecular weight excluding hydrogens is 535 g/mol. The van der Waals surface area contributed by atoms with Crippen molar-refractivity contribution in [2.75, 3.05) is 19.0 Å². The summed E-state index contributed by atoms with van der Waals surface area (Å²) in [6, 6.07) is 12.7. The molecule has 1 aliphatic rings. The fourth-order valence-corrected chi connectivity index (χ4v) is 5.06. The van der Waals surface area contributed by atoms with E-state index in [-0.39, 0.29) is 24.1 Å². The fourth-order valence-electron chi connectivity index (χ4n) is 5.06. The highest BCUT2D eigenvalue weighted by atomic mass is 19.4. The van der Waals surface area contributed by atoms with E-state index in [0.29, 0.717) is 48.0 Å². The number of ether oxygens (including phenoxy) is 1. The zero-order chi connectivity index (χ0) is 29.1. The van der Waals surface area contributed by atoms with Crippen LogP contribution in [0.3, 0.4) is 0 Å². The normalized spacial score (nSPS) is 14.6. The van der Waals surface area contributed by atoms with Gasteiger partial charge in [0.05, 0.1) is 18.8 Å². The van der Waals surface area contributed by atoms with Crippen LogP contribution in [0.1, 0.15) is 59.4 Å². The minimum Gasteiger partial charge on any atom is -0.463 e. The summed E-state index contributed by atoms with van der Waals surface area (Å²) in [5.41, 5.74) is 2.44. The first-order chi connectivity index (χ1) is 19.6. The van der Waals surface area contributed by atoms with Gasteiger partial charge < -0.3 is 19.7 Å². The minimum atomic E-state index is -4.44. The number of nitrogens with zero attached hydrogens (tertiary/aromatic N) is 4. The summed E-state index contributed by atoms with van der Waals surface area (Å²) in [5, 5.41) is 13.7. The third-order valence-electron chi connectivity index (χ3n) is 7.53. The first kappa shape index (κ1) is 28.5.